The molecule has 0 N–H and O–H groups in total. The summed E-state index contributed by atoms with van der Waals surface area (Å²) < 4.78 is 0. The van der Waals surface area contributed by atoms with Crippen molar-refractivity contribution >= 4 is 11.0 Å². The SMILES string of the molecule is c1ccc(-c2ccc(-c3nc(-c4ccccc4)nc(-c4cccc(-c5ccc6nc(-c7cccnc7)c(-c7ccccn7)nc6c5)c4)n3)cc2)cc1. The largest absolute Gasteiger partial charge is 0.264 e. The van der Waals surface area contributed by atoms with Crippen molar-refractivity contribution in [1.29, 1.82) is 0 Å². The predicted molar refractivity (Wildman–Crippen MR) is 207 cm³/mol. The molecule has 0 aliphatic carbocycles. The number of benzene rings is 5. The molecule has 9 rings (SSSR count). The van der Waals surface area contributed by atoms with Crippen molar-refractivity contribution in [2.75, 3.05) is 0 Å². The van der Waals surface area contributed by atoms with Gasteiger partial charge in [-0.2, -0.15) is 0 Å². The average Bonchev–Trinajstić information content (AvgIpc) is 3.24. The molecule has 0 radical (unpaired) electrons. The van der Waals surface area contributed by atoms with Crippen LogP contribution in [0.3, 0.4) is 0 Å². The summed E-state index contributed by atoms with van der Waals surface area (Å²) in [5, 5.41) is 0. The number of fused-ring (bicyclic) bond motifs is 1. The van der Waals surface area contributed by atoms with E-state index in [0.717, 1.165) is 66.9 Å². The molecule has 7 heteroatoms. The molecule has 0 aliphatic heterocycles. The van der Waals surface area contributed by atoms with E-state index in [-0.39, 0.29) is 0 Å². The molecule has 5 aromatic carbocycles. The Morgan fingerprint density at radius 2 is 0.865 bits per heavy atom. The van der Waals surface area contributed by atoms with Gasteiger partial charge in [-0.15, -0.1) is 0 Å². The molecule has 244 valence electrons. The normalized spacial score (nSPS) is 11.1. The minimum Gasteiger partial charge on any atom is -0.264 e. The number of aromatic nitrogens is 7. The van der Waals surface area contributed by atoms with Crippen LogP contribution in [-0.4, -0.2) is 34.9 Å². The third-order valence-electron chi connectivity index (χ3n) is 8.88. The van der Waals surface area contributed by atoms with E-state index in [0.29, 0.717) is 23.2 Å². The first-order valence-electron chi connectivity index (χ1n) is 17.0. The van der Waals surface area contributed by atoms with Gasteiger partial charge in [-0.25, -0.2) is 24.9 Å². The Balaban J connectivity index is 1.12. The van der Waals surface area contributed by atoms with Gasteiger partial charge in [-0.3, -0.25) is 9.97 Å². The average molecular weight is 668 g/mol. The van der Waals surface area contributed by atoms with Crippen molar-refractivity contribution in [3.63, 3.8) is 0 Å². The second-order valence-electron chi connectivity index (χ2n) is 12.3. The van der Waals surface area contributed by atoms with Gasteiger partial charge >= 0.3 is 0 Å². The number of hydrogen-bond donors (Lipinski definition) is 0. The molecule has 0 atom stereocenters. The molecule has 7 nitrogen and oxygen atoms in total. The lowest BCUT2D eigenvalue weighted by Crippen LogP contribution is -2.00. The second-order valence-corrected chi connectivity index (χ2v) is 12.3. The van der Waals surface area contributed by atoms with Gasteiger partial charge in [0.25, 0.3) is 0 Å². The third-order valence-corrected chi connectivity index (χ3v) is 8.88. The van der Waals surface area contributed by atoms with Gasteiger partial charge < -0.3 is 0 Å². The van der Waals surface area contributed by atoms with Gasteiger partial charge in [0.05, 0.1) is 16.7 Å². The van der Waals surface area contributed by atoms with Crippen molar-refractivity contribution in [2.24, 2.45) is 0 Å². The Bertz CT molecular complexity index is 2650. The highest BCUT2D eigenvalue weighted by Crippen LogP contribution is 2.33. The molecule has 4 aromatic heterocycles. The quantitative estimate of drug-likeness (QED) is 0.167. The maximum Gasteiger partial charge on any atom is 0.164 e. The smallest absolute Gasteiger partial charge is 0.164 e. The zero-order valence-electron chi connectivity index (χ0n) is 27.9. The highest BCUT2D eigenvalue weighted by atomic mass is 15.0. The highest BCUT2D eigenvalue weighted by Gasteiger charge is 2.16. The summed E-state index contributed by atoms with van der Waals surface area (Å²) >= 11 is 0. The van der Waals surface area contributed by atoms with Crippen LogP contribution in [0.2, 0.25) is 0 Å². The summed E-state index contributed by atoms with van der Waals surface area (Å²) in [6.45, 7) is 0. The number of hydrogen-bond acceptors (Lipinski definition) is 7. The number of pyridine rings is 2. The van der Waals surface area contributed by atoms with E-state index in [9.17, 15) is 0 Å². The van der Waals surface area contributed by atoms with E-state index in [1.54, 1.807) is 18.6 Å². The fourth-order valence-electron chi connectivity index (χ4n) is 6.25. The fraction of sp³-hybridized carbons (Fsp3) is 0. The van der Waals surface area contributed by atoms with Crippen LogP contribution in [0.15, 0.2) is 176 Å². The van der Waals surface area contributed by atoms with Crippen LogP contribution in [0, 0.1) is 0 Å². The Labute approximate surface area is 300 Å². The molecule has 0 amide bonds. The van der Waals surface area contributed by atoms with Gasteiger partial charge in [0.1, 0.15) is 11.4 Å². The maximum atomic E-state index is 5.12. The molecule has 9 aromatic rings. The van der Waals surface area contributed by atoms with Crippen LogP contribution in [0.5, 0.6) is 0 Å². The Hall–Kier alpha value is -7.25. The Morgan fingerprint density at radius 3 is 1.58 bits per heavy atom. The van der Waals surface area contributed by atoms with Crippen LogP contribution >= 0.6 is 0 Å². The van der Waals surface area contributed by atoms with E-state index >= 15 is 0 Å². The molecule has 0 saturated carbocycles. The first-order chi connectivity index (χ1) is 25.7. The lowest BCUT2D eigenvalue weighted by atomic mass is 10.0. The molecule has 4 heterocycles. The van der Waals surface area contributed by atoms with E-state index in [4.69, 9.17) is 24.9 Å². The topological polar surface area (TPSA) is 90.2 Å². The van der Waals surface area contributed by atoms with Crippen LogP contribution < -0.4 is 0 Å². The van der Waals surface area contributed by atoms with Crippen molar-refractivity contribution in [2.45, 2.75) is 0 Å². The van der Waals surface area contributed by atoms with E-state index in [1.165, 1.54) is 0 Å². The third kappa shape index (κ3) is 6.19. The van der Waals surface area contributed by atoms with Crippen LogP contribution in [0.25, 0.3) is 90.1 Å². The molecular weight excluding hydrogens is 639 g/mol. The zero-order valence-corrected chi connectivity index (χ0v) is 27.9. The molecular formula is C45H29N7. The monoisotopic (exact) mass is 667 g/mol. The number of nitrogens with zero attached hydrogens (tertiary/aromatic N) is 7. The van der Waals surface area contributed by atoms with Crippen molar-refractivity contribution in [3.05, 3.63) is 176 Å². The van der Waals surface area contributed by atoms with Crippen molar-refractivity contribution < 1.29 is 0 Å². The minimum absolute atomic E-state index is 0.594. The summed E-state index contributed by atoms with van der Waals surface area (Å²) in [6, 6.07) is 52.9. The summed E-state index contributed by atoms with van der Waals surface area (Å²) in [5.41, 5.74) is 11.6. The summed E-state index contributed by atoms with van der Waals surface area (Å²) in [5.74, 6) is 1.82. The van der Waals surface area contributed by atoms with Crippen molar-refractivity contribution in [3.8, 4) is 79.1 Å². The number of rotatable bonds is 7. The molecule has 0 aliphatic rings. The lowest BCUT2D eigenvalue weighted by Gasteiger charge is -2.12. The van der Waals surface area contributed by atoms with Gasteiger partial charge in [-0.05, 0) is 64.7 Å². The molecule has 0 fully saturated rings. The van der Waals surface area contributed by atoms with Crippen LogP contribution in [-0.2, 0) is 0 Å². The molecule has 52 heavy (non-hydrogen) atoms. The first-order valence-corrected chi connectivity index (χ1v) is 17.0. The van der Waals surface area contributed by atoms with E-state index < -0.39 is 0 Å². The first kappa shape index (κ1) is 30.8. The zero-order chi connectivity index (χ0) is 34.7. The highest BCUT2D eigenvalue weighted by molar-refractivity contribution is 5.88. The van der Waals surface area contributed by atoms with Gasteiger partial charge in [0.15, 0.2) is 17.5 Å². The fourth-order valence-corrected chi connectivity index (χ4v) is 6.25. The Kier molecular flexibility index (Phi) is 8.04. The second kappa shape index (κ2) is 13.6. The summed E-state index contributed by atoms with van der Waals surface area (Å²) in [4.78, 5) is 34.0. The lowest BCUT2D eigenvalue weighted by molar-refractivity contribution is 1.07. The molecule has 0 unspecified atom stereocenters. The van der Waals surface area contributed by atoms with Gasteiger partial charge in [0, 0.05) is 40.8 Å². The minimum atomic E-state index is 0.594. The molecule has 0 spiro atoms. The molecule has 0 saturated heterocycles. The van der Waals surface area contributed by atoms with Crippen molar-refractivity contribution in [1.82, 2.24) is 34.9 Å². The maximum absolute atomic E-state index is 5.12. The predicted octanol–water partition coefficient (Wildman–Crippen LogP) is 10.3. The van der Waals surface area contributed by atoms with E-state index in [1.807, 2.05) is 97.1 Å². The Morgan fingerprint density at radius 1 is 0.308 bits per heavy atom. The van der Waals surface area contributed by atoms with Gasteiger partial charge in [-0.1, -0.05) is 115 Å². The van der Waals surface area contributed by atoms with Gasteiger partial charge in [0.2, 0.25) is 0 Å². The standard InChI is InChI=1S/C45H29N7/c1-3-11-30(12-4-1)31-19-21-33(22-20-31)44-50-43(32-13-5-2-6-14-32)51-45(52-44)36-16-9-15-34(27-36)35-23-24-38-40(28-35)49-42(39-18-7-8-26-47-39)41(48-38)37-17-10-25-46-29-37/h1-29H. The summed E-state index contributed by atoms with van der Waals surface area (Å²) in [7, 11) is 0. The summed E-state index contributed by atoms with van der Waals surface area (Å²) in [6.07, 6.45) is 5.33. The van der Waals surface area contributed by atoms with E-state index in [2.05, 4.69) is 70.6 Å². The molecule has 0 bridgehead atoms. The van der Waals surface area contributed by atoms with Crippen LogP contribution in [0.1, 0.15) is 0 Å². The van der Waals surface area contributed by atoms with Crippen LogP contribution in [0.4, 0.5) is 0 Å².